The van der Waals surface area contributed by atoms with Crippen LogP contribution < -0.4 is 10.1 Å². The zero-order valence-corrected chi connectivity index (χ0v) is 14.7. The van der Waals surface area contributed by atoms with Crippen LogP contribution in [-0.4, -0.2) is 50.4 Å². The number of likely N-dealkylation sites (tertiary alicyclic amines) is 1. The molecule has 3 rings (SSSR count). The highest BCUT2D eigenvalue weighted by molar-refractivity contribution is 5.75. The van der Waals surface area contributed by atoms with Crippen LogP contribution in [0.15, 0.2) is 24.3 Å². The van der Waals surface area contributed by atoms with Crippen LogP contribution in [0.25, 0.3) is 0 Å². The number of benzene rings is 1. The average Bonchev–Trinajstić information content (AvgIpc) is 2.99. The van der Waals surface area contributed by atoms with Crippen molar-refractivity contribution in [2.24, 2.45) is 5.41 Å². The molecule has 5 nitrogen and oxygen atoms in total. The average molecular weight is 332 g/mol. The predicted octanol–water partition coefficient (Wildman–Crippen LogP) is 2.84. The zero-order chi connectivity index (χ0) is 17.0. The standard InChI is InChI=1S/C19H28N2O3/c1-15(12-16-4-3-5-17(13-16)23-2)20-18(22)21-9-6-19(14-21)7-10-24-11-8-19/h3-5,13,15H,6-12,14H2,1-2H3,(H,20,22). The molecule has 1 aromatic carbocycles. The number of amides is 2. The van der Waals surface area contributed by atoms with Gasteiger partial charge in [0.25, 0.3) is 0 Å². The third kappa shape index (κ3) is 4.01. The molecular formula is C19H28N2O3. The van der Waals surface area contributed by atoms with Crippen molar-refractivity contribution in [1.82, 2.24) is 10.2 Å². The Morgan fingerprint density at radius 2 is 2.17 bits per heavy atom. The first-order valence-electron chi connectivity index (χ1n) is 8.86. The Morgan fingerprint density at radius 3 is 2.92 bits per heavy atom. The number of rotatable bonds is 4. The van der Waals surface area contributed by atoms with Crippen molar-refractivity contribution in [1.29, 1.82) is 0 Å². The Morgan fingerprint density at radius 1 is 1.38 bits per heavy atom. The summed E-state index contributed by atoms with van der Waals surface area (Å²) in [6.07, 6.45) is 4.07. The van der Waals surface area contributed by atoms with Gasteiger partial charge in [0.2, 0.25) is 0 Å². The molecule has 1 spiro atoms. The maximum Gasteiger partial charge on any atom is 0.317 e. The van der Waals surface area contributed by atoms with Crippen LogP contribution in [0, 0.1) is 5.41 Å². The second kappa shape index (κ2) is 7.43. The van der Waals surface area contributed by atoms with Gasteiger partial charge in [-0.05, 0) is 55.7 Å². The van der Waals surface area contributed by atoms with Gasteiger partial charge in [0.1, 0.15) is 5.75 Å². The van der Waals surface area contributed by atoms with Crippen LogP contribution in [0.3, 0.4) is 0 Å². The molecule has 1 unspecified atom stereocenters. The van der Waals surface area contributed by atoms with Crippen molar-refractivity contribution >= 4 is 6.03 Å². The van der Waals surface area contributed by atoms with Gasteiger partial charge in [-0.25, -0.2) is 4.79 Å². The Balaban J connectivity index is 1.51. The Bertz CT molecular complexity index is 569. The summed E-state index contributed by atoms with van der Waals surface area (Å²) >= 11 is 0. The number of hydrogen-bond acceptors (Lipinski definition) is 3. The lowest BCUT2D eigenvalue weighted by Gasteiger charge is -2.33. The fraction of sp³-hybridized carbons (Fsp3) is 0.632. The van der Waals surface area contributed by atoms with E-state index in [1.165, 1.54) is 5.56 Å². The van der Waals surface area contributed by atoms with Gasteiger partial charge in [-0.2, -0.15) is 0 Å². The number of urea groups is 1. The lowest BCUT2D eigenvalue weighted by molar-refractivity contribution is 0.0208. The number of nitrogens with zero attached hydrogens (tertiary/aromatic N) is 1. The minimum absolute atomic E-state index is 0.0637. The van der Waals surface area contributed by atoms with E-state index in [-0.39, 0.29) is 12.1 Å². The smallest absolute Gasteiger partial charge is 0.317 e. The molecule has 0 saturated carbocycles. The van der Waals surface area contributed by atoms with Crippen molar-refractivity contribution in [2.75, 3.05) is 33.4 Å². The second-order valence-electron chi connectivity index (χ2n) is 7.19. The molecule has 1 aromatic rings. The number of carbonyl (C=O) groups excluding carboxylic acids is 1. The summed E-state index contributed by atoms with van der Waals surface area (Å²) in [5.74, 6) is 0.854. The van der Waals surface area contributed by atoms with E-state index in [0.717, 1.165) is 57.7 Å². The van der Waals surface area contributed by atoms with Crippen molar-refractivity contribution in [2.45, 2.75) is 38.6 Å². The minimum Gasteiger partial charge on any atom is -0.497 e. The van der Waals surface area contributed by atoms with Crippen molar-refractivity contribution < 1.29 is 14.3 Å². The predicted molar refractivity (Wildman–Crippen MR) is 93.4 cm³/mol. The summed E-state index contributed by atoms with van der Waals surface area (Å²) < 4.78 is 10.7. The first-order valence-corrected chi connectivity index (χ1v) is 8.86. The van der Waals surface area contributed by atoms with E-state index in [1.54, 1.807) is 7.11 Å². The minimum atomic E-state index is 0.0637. The maximum atomic E-state index is 12.6. The van der Waals surface area contributed by atoms with Gasteiger partial charge in [0.15, 0.2) is 0 Å². The lowest BCUT2D eigenvalue weighted by atomic mass is 9.80. The zero-order valence-electron chi connectivity index (χ0n) is 14.7. The molecule has 1 N–H and O–H groups in total. The first kappa shape index (κ1) is 17.1. The first-order chi connectivity index (χ1) is 11.6. The van der Waals surface area contributed by atoms with Crippen LogP contribution in [0.1, 0.15) is 31.7 Å². The van der Waals surface area contributed by atoms with E-state index in [0.29, 0.717) is 5.41 Å². The largest absolute Gasteiger partial charge is 0.497 e. The van der Waals surface area contributed by atoms with Gasteiger partial charge in [0, 0.05) is 32.3 Å². The van der Waals surface area contributed by atoms with Gasteiger partial charge in [0.05, 0.1) is 7.11 Å². The molecule has 0 radical (unpaired) electrons. The van der Waals surface area contributed by atoms with Crippen LogP contribution in [0.2, 0.25) is 0 Å². The summed E-state index contributed by atoms with van der Waals surface area (Å²) in [5.41, 5.74) is 1.47. The molecular weight excluding hydrogens is 304 g/mol. The van der Waals surface area contributed by atoms with Crippen LogP contribution in [0.5, 0.6) is 5.75 Å². The number of carbonyl (C=O) groups is 1. The second-order valence-corrected chi connectivity index (χ2v) is 7.19. The molecule has 24 heavy (non-hydrogen) atoms. The molecule has 2 aliphatic rings. The monoisotopic (exact) mass is 332 g/mol. The normalized spacial score (nSPS) is 20.8. The van der Waals surface area contributed by atoms with E-state index >= 15 is 0 Å². The third-order valence-corrected chi connectivity index (χ3v) is 5.32. The molecule has 2 fully saturated rings. The Labute approximate surface area is 144 Å². The van der Waals surface area contributed by atoms with E-state index in [2.05, 4.69) is 18.3 Å². The molecule has 2 amide bonds. The number of ether oxygens (including phenoxy) is 2. The molecule has 0 bridgehead atoms. The molecule has 2 saturated heterocycles. The van der Waals surface area contributed by atoms with Gasteiger partial charge >= 0.3 is 6.03 Å². The molecule has 0 aromatic heterocycles. The highest BCUT2D eigenvalue weighted by Gasteiger charge is 2.41. The van der Waals surface area contributed by atoms with Crippen LogP contribution in [-0.2, 0) is 11.2 Å². The van der Waals surface area contributed by atoms with E-state index in [4.69, 9.17) is 9.47 Å². The molecule has 2 aliphatic heterocycles. The van der Waals surface area contributed by atoms with Gasteiger partial charge < -0.3 is 19.7 Å². The molecule has 0 aliphatic carbocycles. The molecule has 132 valence electrons. The number of nitrogens with one attached hydrogen (secondary N) is 1. The van der Waals surface area contributed by atoms with Crippen LogP contribution in [0.4, 0.5) is 4.79 Å². The number of hydrogen-bond donors (Lipinski definition) is 1. The quantitative estimate of drug-likeness (QED) is 0.922. The summed E-state index contributed by atoms with van der Waals surface area (Å²) in [7, 11) is 1.67. The van der Waals surface area contributed by atoms with E-state index in [1.807, 2.05) is 23.1 Å². The third-order valence-electron chi connectivity index (χ3n) is 5.32. The highest BCUT2D eigenvalue weighted by Crippen LogP contribution is 2.39. The summed E-state index contributed by atoms with van der Waals surface area (Å²) in [6, 6.07) is 8.17. The summed E-state index contributed by atoms with van der Waals surface area (Å²) in [5, 5.41) is 3.14. The molecule has 2 heterocycles. The maximum absolute atomic E-state index is 12.6. The van der Waals surface area contributed by atoms with Crippen LogP contribution >= 0.6 is 0 Å². The van der Waals surface area contributed by atoms with Gasteiger partial charge in [-0.3, -0.25) is 0 Å². The van der Waals surface area contributed by atoms with Crippen molar-refractivity contribution in [3.05, 3.63) is 29.8 Å². The molecule has 5 heteroatoms. The Kier molecular flexibility index (Phi) is 5.29. The fourth-order valence-corrected chi connectivity index (χ4v) is 3.83. The van der Waals surface area contributed by atoms with Crippen molar-refractivity contribution in [3.63, 3.8) is 0 Å². The topological polar surface area (TPSA) is 50.8 Å². The molecule has 1 atom stereocenters. The van der Waals surface area contributed by atoms with Gasteiger partial charge in [-0.1, -0.05) is 12.1 Å². The van der Waals surface area contributed by atoms with Gasteiger partial charge in [-0.15, -0.1) is 0 Å². The highest BCUT2D eigenvalue weighted by atomic mass is 16.5. The fourth-order valence-electron chi connectivity index (χ4n) is 3.83. The van der Waals surface area contributed by atoms with E-state index in [9.17, 15) is 4.79 Å². The SMILES string of the molecule is COc1cccc(CC(C)NC(=O)N2CCC3(CCOCC3)C2)c1. The Hall–Kier alpha value is -1.75. The summed E-state index contributed by atoms with van der Waals surface area (Å²) in [4.78, 5) is 14.5. The lowest BCUT2D eigenvalue weighted by Crippen LogP contribution is -2.44. The number of methoxy groups -OCH3 is 1. The summed E-state index contributed by atoms with van der Waals surface area (Å²) in [6.45, 7) is 5.45. The van der Waals surface area contributed by atoms with Crippen molar-refractivity contribution in [3.8, 4) is 5.75 Å². The van der Waals surface area contributed by atoms with E-state index < -0.39 is 0 Å².